The first kappa shape index (κ1) is 15.3. The zero-order valence-electron chi connectivity index (χ0n) is 14.1. The summed E-state index contributed by atoms with van der Waals surface area (Å²) in [7, 11) is 0. The molecule has 0 saturated carbocycles. The van der Waals surface area contributed by atoms with Gasteiger partial charge in [-0.2, -0.15) is 9.97 Å². The second-order valence-corrected chi connectivity index (χ2v) is 6.40. The van der Waals surface area contributed by atoms with Crippen molar-refractivity contribution in [1.29, 1.82) is 0 Å². The summed E-state index contributed by atoms with van der Waals surface area (Å²) >= 11 is 0. The van der Waals surface area contributed by atoms with Crippen molar-refractivity contribution < 1.29 is 4.52 Å². The molecule has 2 saturated heterocycles. The average Bonchev–Trinajstić information content (AvgIpc) is 3.28. The van der Waals surface area contributed by atoms with Gasteiger partial charge in [0.15, 0.2) is 5.82 Å². The highest BCUT2D eigenvalue weighted by atomic mass is 16.5. The Kier molecular flexibility index (Phi) is 4.29. The molecule has 0 amide bonds. The van der Waals surface area contributed by atoms with Gasteiger partial charge < -0.3 is 14.3 Å². The van der Waals surface area contributed by atoms with E-state index in [1.54, 1.807) is 0 Å². The monoisotopic (exact) mass is 329 g/mol. The molecule has 2 aromatic heterocycles. The fourth-order valence-electron chi connectivity index (χ4n) is 3.33. The van der Waals surface area contributed by atoms with Gasteiger partial charge in [-0.1, -0.05) is 5.16 Å². The average molecular weight is 329 g/mol. The first-order chi connectivity index (χ1) is 11.8. The smallest absolute Gasteiger partial charge is 0.227 e. The lowest BCUT2D eigenvalue weighted by molar-refractivity contribution is 0.239. The zero-order valence-corrected chi connectivity index (χ0v) is 14.1. The molecule has 0 N–H and O–H groups in total. The highest BCUT2D eigenvalue weighted by Crippen LogP contribution is 2.20. The Labute approximate surface area is 141 Å². The van der Waals surface area contributed by atoms with Gasteiger partial charge in [-0.25, -0.2) is 4.98 Å². The lowest BCUT2D eigenvalue weighted by Gasteiger charge is -2.34. The summed E-state index contributed by atoms with van der Waals surface area (Å²) in [6, 6.07) is 2.02. The minimum absolute atomic E-state index is 0.621. The number of anilines is 2. The third kappa shape index (κ3) is 3.33. The van der Waals surface area contributed by atoms with E-state index in [9.17, 15) is 0 Å². The quantitative estimate of drug-likeness (QED) is 0.825. The molecule has 0 spiro atoms. The van der Waals surface area contributed by atoms with E-state index in [2.05, 4.69) is 29.8 Å². The predicted molar refractivity (Wildman–Crippen MR) is 90.0 cm³/mol. The second-order valence-electron chi connectivity index (χ2n) is 6.40. The van der Waals surface area contributed by atoms with Crippen molar-refractivity contribution in [2.24, 2.45) is 0 Å². The van der Waals surface area contributed by atoms with Gasteiger partial charge in [0.25, 0.3) is 0 Å². The van der Waals surface area contributed by atoms with Gasteiger partial charge in [-0.05, 0) is 18.9 Å². The highest BCUT2D eigenvalue weighted by molar-refractivity contribution is 5.44. The number of piperazine rings is 1. The Morgan fingerprint density at radius 1 is 1.00 bits per heavy atom. The van der Waals surface area contributed by atoms with Gasteiger partial charge >= 0.3 is 0 Å². The molecule has 2 aliphatic rings. The van der Waals surface area contributed by atoms with Gasteiger partial charge in [0.2, 0.25) is 11.8 Å². The number of aryl methyl sites for hydroxylation is 1. The molecule has 8 nitrogen and oxygen atoms in total. The van der Waals surface area contributed by atoms with Gasteiger partial charge in [-0.3, -0.25) is 4.90 Å². The number of hydrogen-bond acceptors (Lipinski definition) is 8. The summed E-state index contributed by atoms with van der Waals surface area (Å²) in [6.07, 6.45) is 4.39. The molecule has 4 heterocycles. The fraction of sp³-hybridized carbons (Fsp3) is 0.625. The first-order valence-electron chi connectivity index (χ1n) is 8.62. The molecule has 2 fully saturated rings. The maximum absolute atomic E-state index is 5.04. The van der Waals surface area contributed by atoms with Crippen LogP contribution in [-0.4, -0.2) is 64.3 Å². The lowest BCUT2D eigenvalue weighted by atomic mass is 10.3. The summed E-state index contributed by atoms with van der Waals surface area (Å²) in [5.41, 5.74) is 0. The maximum atomic E-state index is 5.04. The molecule has 0 radical (unpaired) electrons. The summed E-state index contributed by atoms with van der Waals surface area (Å²) in [4.78, 5) is 20.5. The van der Waals surface area contributed by atoms with Crippen LogP contribution < -0.4 is 9.80 Å². The van der Waals surface area contributed by atoms with Crippen molar-refractivity contribution in [2.45, 2.75) is 26.3 Å². The molecule has 24 heavy (non-hydrogen) atoms. The molecule has 2 aliphatic heterocycles. The van der Waals surface area contributed by atoms with E-state index in [1.807, 2.05) is 19.2 Å². The molecule has 0 atom stereocenters. The van der Waals surface area contributed by atoms with E-state index >= 15 is 0 Å². The Morgan fingerprint density at radius 2 is 1.79 bits per heavy atom. The Hall–Kier alpha value is -2.22. The Bertz CT molecular complexity index is 675. The van der Waals surface area contributed by atoms with Crippen LogP contribution in [0.2, 0.25) is 0 Å². The van der Waals surface area contributed by atoms with E-state index < -0.39 is 0 Å². The number of hydrogen-bond donors (Lipinski definition) is 0. The fourth-order valence-corrected chi connectivity index (χ4v) is 3.33. The highest BCUT2D eigenvalue weighted by Gasteiger charge is 2.21. The summed E-state index contributed by atoms with van der Waals surface area (Å²) in [5.74, 6) is 3.28. The largest absolute Gasteiger partial charge is 0.356 e. The minimum Gasteiger partial charge on any atom is -0.356 e. The van der Waals surface area contributed by atoms with Crippen LogP contribution in [0.1, 0.15) is 24.6 Å². The molecule has 0 unspecified atom stereocenters. The van der Waals surface area contributed by atoms with Crippen LogP contribution in [-0.2, 0) is 6.54 Å². The number of rotatable bonds is 4. The molecule has 0 aromatic carbocycles. The van der Waals surface area contributed by atoms with Crippen LogP contribution in [0.15, 0.2) is 16.8 Å². The molecule has 4 rings (SSSR count). The minimum atomic E-state index is 0.621. The van der Waals surface area contributed by atoms with Crippen molar-refractivity contribution in [3.63, 3.8) is 0 Å². The molecule has 0 bridgehead atoms. The molecule has 8 heteroatoms. The SMILES string of the molecule is Cc1nc(CN2CCN(c3nccc(N4CCCC4)n3)CC2)no1. The van der Waals surface area contributed by atoms with Crippen LogP contribution >= 0.6 is 0 Å². The summed E-state index contributed by atoms with van der Waals surface area (Å²) in [6.45, 7) is 8.50. The van der Waals surface area contributed by atoms with E-state index in [0.29, 0.717) is 5.89 Å². The number of aromatic nitrogens is 4. The maximum Gasteiger partial charge on any atom is 0.227 e. The molecular formula is C16H23N7O. The van der Waals surface area contributed by atoms with E-state index in [1.165, 1.54) is 12.8 Å². The standard InChI is InChI=1S/C16H23N7O/c1-13-18-14(20-24-13)12-21-8-10-23(11-9-21)16-17-5-4-15(19-16)22-6-2-3-7-22/h4-5H,2-3,6-12H2,1H3. The van der Waals surface area contributed by atoms with Crippen molar-refractivity contribution in [3.05, 3.63) is 24.0 Å². The van der Waals surface area contributed by atoms with Gasteiger partial charge in [0, 0.05) is 52.4 Å². The van der Waals surface area contributed by atoms with Crippen molar-refractivity contribution in [3.8, 4) is 0 Å². The van der Waals surface area contributed by atoms with Crippen molar-refractivity contribution >= 4 is 11.8 Å². The van der Waals surface area contributed by atoms with Crippen LogP contribution in [0.4, 0.5) is 11.8 Å². The number of nitrogens with zero attached hydrogens (tertiary/aromatic N) is 7. The van der Waals surface area contributed by atoms with E-state index in [-0.39, 0.29) is 0 Å². The topological polar surface area (TPSA) is 74.4 Å². The lowest BCUT2D eigenvalue weighted by Crippen LogP contribution is -2.46. The molecule has 128 valence electrons. The summed E-state index contributed by atoms with van der Waals surface area (Å²) < 4.78 is 5.04. The van der Waals surface area contributed by atoms with Crippen LogP contribution in [0, 0.1) is 6.92 Å². The Balaban J connectivity index is 1.36. The predicted octanol–water partition coefficient (Wildman–Crippen LogP) is 1.09. The van der Waals surface area contributed by atoms with Crippen LogP contribution in [0.5, 0.6) is 0 Å². The van der Waals surface area contributed by atoms with Gasteiger partial charge in [0.1, 0.15) is 5.82 Å². The summed E-state index contributed by atoms with van der Waals surface area (Å²) in [5, 5.41) is 3.97. The zero-order chi connectivity index (χ0) is 16.4. The second kappa shape index (κ2) is 6.72. The van der Waals surface area contributed by atoms with Crippen molar-refractivity contribution in [2.75, 3.05) is 49.1 Å². The van der Waals surface area contributed by atoms with Crippen molar-refractivity contribution in [1.82, 2.24) is 25.0 Å². The molecular weight excluding hydrogens is 306 g/mol. The van der Waals surface area contributed by atoms with E-state index in [4.69, 9.17) is 9.51 Å². The molecule has 2 aromatic rings. The Morgan fingerprint density at radius 3 is 2.50 bits per heavy atom. The van der Waals surface area contributed by atoms with Gasteiger partial charge in [0.05, 0.1) is 6.54 Å². The van der Waals surface area contributed by atoms with Gasteiger partial charge in [-0.15, -0.1) is 0 Å². The van der Waals surface area contributed by atoms with Crippen LogP contribution in [0.25, 0.3) is 0 Å². The van der Waals surface area contributed by atoms with Crippen LogP contribution in [0.3, 0.4) is 0 Å². The molecule has 0 aliphatic carbocycles. The first-order valence-corrected chi connectivity index (χ1v) is 8.62. The third-order valence-corrected chi connectivity index (χ3v) is 4.65. The normalized spacial score (nSPS) is 19.2. The third-order valence-electron chi connectivity index (χ3n) is 4.65. The van der Waals surface area contributed by atoms with E-state index in [0.717, 1.165) is 63.4 Å².